The summed E-state index contributed by atoms with van der Waals surface area (Å²) in [6.07, 6.45) is 8.31. The molecule has 236 valence electrons. The van der Waals surface area contributed by atoms with Gasteiger partial charge in [-0.2, -0.15) is 0 Å². The van der Waals surface area contributed by atoms with Crippen molar-refractivity contribution in [2.45, 2.75) is 123 Å². The van der Waals surface area contributed by atoms with E-state index in [2.05, 4.69) is 41.7 Å². The Balaban J connectivity index is 1.81. The molecule has 1 saturated heterocycles. The van der Waals surface area contributed by atoms with E-state index in [-0.39, 0.29) is 41.3 Å². The molecule has 5 amide bonds. The van der Waals surface area contributed by atoms with Crippen LogP contribution in [-0.4, -0.2) is 71.2 Å². The molecule has 0 bridgehead atoms. The molecule has 42 heavy (non-hydrogen) atoms. The number of hydrogen-bond acceptors (Lipinski definition) is 5. The first kappa shape index (κ1) is 33.6. The van der Waals surface area contributed by atoms with Gasteiger partial charge in [0.2, 0.25) is 17.6 Å². The zero-order valence-electron chi connectivity index (χ0n) is 26.7. The largest absolute Gasteiger partial charge is 0.346 e. The second-order valence-corrected chi connectivity index (χ2v) is 14.5. The number of amides is 5. The summed E-state index contributed by atoms with van der Waals surface area (Å²) in [6.45, 7) is 18.0. The minimum Gasteiger partial charge on any atom is -0.346 e. The van der Waals surface area contributed by atoms with E-state index in [1.54, 1.807) is 4.90 Å². The molecule has 10 heteroatoms. The fourth-order valence-electron chi connectivity index (χ4n) is 6.87. The van der Waals surface area contributed by atoms with Gasteiger partial charge in [0.1, 0.15) is 12.1 Å². The molecule has 0 spiro atoms. The summed E-state index contributed by atoms with van der Waals surface area (Å²) >= 11 is 0. The number of urea groups is 1. The van der Waals surface area contributed by atoms with Gasteiger partial charge in [0.05, 0.1) is 6.04 Å². The molecule has 0 aromatic carbocycles. The number of carbonyl (C=O) groups excluding carboxylic acids is 5. The second kappa shape index (κ2) is 13.2. The molecular weight excluding hydrogens is 534 g/mol. The van der Waals surface area contributed by atoms with Gasteiger partial charge in [0.25, 0.3) is 5.91 Å². The van der Waals surface area contributed by atoms with Crippen LogP contribution in [-0.2, 0) is 19.2 Å². The van der Waals surface area contributed by atoms with Gasteiger partial charge in [-0.15, -0.1) is 6.58 Å². The monoisotopic (exact) mass is 587 g/mol. The zero-order chi connectivity index (χ0) is 31.5. The molecule has 4 N–H and O–H groups in total. The molecule has 0 radical (unpaired) electrons. The number of likely N-dealkylation sites (tertiary alicyclic amines) is 1. The maximum Gasteiger partial charge on any atom is 0.315 e. The standard InChI is InChI=1S/C32H53N5O5/c1-9-11-15-21(24(38)27(40)33-18-10-2)34-26(39)23-22-20(31(22,6)7)19-37(23)28(41)25(30(3,4)5)35-29(42)36-32(8)16-13-12-14-17-32/h10,20-23,25H,2,9,11-19H2,1,3-8H3,(H,33,40)(H,34,39)(H2,35,36,42)/t20-,21-,22?,23-,25?/m0/s1. The van der Waals surface area contributed by atoms with E-state index in [4.69, 9.17) is 0 Å². The second-order valence-electron chi connectivity index (χ2n) is 14.5. The van der Waals surface area contributed by atoms with Crippen LogP contribution in [0.5, 0.6) is 0 Å². The number of Topliss-reactive ketones (excluding diaryl/α,β-unsaturated/α-hetero) is 1. The van der Waals surface area contributed by atoms with E-state index < -0.39 is 41.1 Å². The first-order chi connectivity index (χ1) is 19.6. The van der Waals surface area contributed by atoms with Crippen LogP contribution in [0.3, 0.4) is 0 Å². The Bertz CT molecular complexity index is 1060. The van der Waals surface area contributed by atoms with E-state index in [1.807, 2.05) is 34.6 Å². The summed E-state index contributed by atoms with van der Waals surface area (Å²) in [5, 5.41) is 11.4. The number of fused-ring (bicyclic) bond motifs is 1. The topological polar surface area (TPSA) is 137 Å². The van der Waals surface area contributed by atoms with Crippen LogP contribution in [0.1, 0.15) is 99.8 Å². The molecule has 2 unspecified atom stereocenters. The van der Waals surface area contributed by atoms with Crippen LogP contribution in [0.4, 0.5) is 4.79 Å². The Kier molecular flexibility index (Phi) is 10.5. The molecular formula is C32H53N5O5. The minimum absolute atomic E-state index is 0.0754. The molecule has 5 atom stereocenters. The summed E-state index contributed by atoms with van der Waals surface area (Å²) < 4.78 is 0. The van der Waals surface area contributed by atoms with Crippen molar-refractivity contribution in [3.63, 3.8) is 0 Å². The number of hydrogen-bond donors (Lipinski definition) is 4. The van der Waals surface area contributed by atoms with Gasteiger partial charge in [-0.1, -0.05) is 79.7 Å². The quantitative estimate of drug-likeness (QED) is 0.205. The van der Waals surface area contributed by atoms with Gasteiger partial charge in [0.15, 0.2) is 0 Å². The van der Waals surface area contributed by atoms with Crippen LogP contribution >= 0.6 is 0 Å². The number of nitrogens with zero attached hydrogens (tertiary/aromatic N) is 1. The maximum absolute atomic E-state index is 14.2. The van der Waals surface area contributed by atoms with Gasteiger partial charge in [-0.3, -0.25) is 19.2 Å². The molecule has 2 aliphatic carbocycles. The lowest BCUT2D eigenvalue weighted by atomic mass is 9.83. The van der Waals surface area contributed by atoms with E-state index >= 15 is 0 Å². The van der Waals surface area contributed by atoms with Crippen LogP contribution in [0.2, 0.25) is 0 Å². The molecule has 3 rings (SSSR count). The summed E-state index contributed by atoms with van der Waals surface area (Å²) in [6, 6.07) is -3.02. The minimum atomic E-state index is -0.987. The normalized spacial score (nSPS) is 25.3. The highest BCUT2D eigenvalue weighted by molar-refractivity contribution is 6.38. The predicted molar refractivity (Wildman–Crippen MR) is 162 cm³/mol. The van der Waals surface area contributed by atoms with E-state index in [9.17, 15) is 24.0 Å². The molecule has 3 aliphatic rings. The molecule has 0 aromatic rings. The first-order valence-corrected chi connectivity index (χ1v) is 15.7. The van der Waals surface area contributed by atoms with Gasteiger partial charge in [-0.25, -0.2) is 4.79 Å². The number of unbranched alkanes of at least 4 members (excludes halogenated alkanes) is 1. The van der Waals surface area contributed by atoms with Gasteiger partial charge in [0, 0.05) is 18.6 Å². The highest BCUT2D eigenvalue weighted by Crippen LogP contribution is 2.65. The highest BCUT2D eigenvalue weighted by atomic mass is 16.2. The van der Waals surface area contributed by atoms with Crippen molar-refractivity contribution >= 4 is 29.5 Å². The third kappa shape index (κ3) is 7.53. The van der Waals surface area contributed by atoms with Crippen molar-refractivity contribution in [1.29, 1.82) is 0 Å². The Labute approximate surface area is 251 Å². The Morgan fingerprint density at radius 1 is 1.02 bits per heavy atom. The smallest absolute Gasteiger partial charge is 0.315 e. The van der Waals surface area contributed by atoms with Gasteiger partial charge in [-0.05, 0) is 48.9 Å². The Hall–Kier alpha value is -2.91. The molecule has 1 heterocycles. The average Bonchev–Trinajstić information content (AvgIpc) is 3.23. The lowest BCUT2D eigenvalue weighted by molar-refractivity contribution is -0.145. The molecule has 2 saturated carbocycles. The van der Waals surface area contributed by atoms with Crippen molar-refractivity contribution in [3.8, 4) is 0 Å². The van der Waals surface area contributed by atoms with Gasteiger partial charge >= 0.3 is 6.03 Å². The lowest BCUT2D eigenvalue weighted by Gasteiger charge is -2.39. The van der Waals surface area contributed by atoms with Crippen molar-refractivity contribution in [3.05, 3.63) is 12.7 Å². The third-order valence-corrected chi connectivity index (χ3v) is 9.63. The summed E-state index contributed by atoms with van der Waals surface area (Å²) in [4.78, 5) is 68.3. The molecule has 1 aliphatic heterocycles. The van der Waals surface area contributed by atoms with Crippen molar-refractivity contribution in [2.24, 2.45) is 22.7 Å². The maximum atomic E-state index is 14.2. The summed E-state index contributed by atoms with van der Waals surface area (Å²) in [7, 11) is 0. The average molecular weight is 588 g/mol. The summed E-state index contributed by atoms with van der Waals surface area (Å²) in [5.74, 6) is -2.16. The third-order valence-electron chi connectivity index (χ3n) is 9.63. The Morgan fingerprint density at radius 2 is 1.67 bits per heavy atom. The number of carbonyl (C=O) groups is 5. The number of nitrogens with one attached hydrogen (secondary N) is 4. The van der Waals surface area contributed by atoms with Crippen molar-refractivity contribution < 1.29 is 24.0 Å². The summed E-state index contributed by atoms with van der Waals surface area (Å²) in [5.41, 5.74) is -1.07. The SMILES string of the molecule is C=CCNC(=O)C(=O)[C@H](CCCC)NC(=O)[C@@H]1C2[C@H](CN1C(=O)C(NC(=O)NC1(C)CCCCC1)C(C)(C)C)C2(C)C. The van der Waals surface area contributed by atoms with Crippen LogP contribution < -0.4 is 21.3 Å². The van der Waals surface area contributed by atoms with E-state index in [0.29, 0.717) is 19.4 Å². The highest BCUT2D eigenvalue weighted by Gasteiger charge is 2.70. The molecule has 10 nitrogen and oxygen atoms in total. The van der Waals surface area contributed by atoms with Crippen LogP contribution in [0.15, 0.2) is 12.7 Å². The van der Waals surface area contributed by atoms with E-state index in [1.165, 1.54) is 6.08 Å². The molecule has 0 aromatic heterocycles. The Morgan fingerprint density at radius 3 is 2.24 bits per heavy atom. The van der Waals surface area contributed by atoms with Crippen LogP contribution in [0.25, 0.3) is 0 Å². The number of ketones is 1. The van der Waals surface area contributed by atoms with Crippen molar-refractivity contribution in [1.82, 2.24) is 26.2 Å². The lowest BCUT2D eigenvalue weighted by Crippen LogP contribution is -2.62. The predicted octanol–water partition coefficient (Wildman–Crippen LogP) is 3.45. The first-order valence-electron chi connectivity index (χ1n) is 15.7. The molecule has 3 fully saturated rings. The number of rotatable bonds is 12. The van der Waals surface area contributed by atoms with Crippen molar-refractivity contribution in [2.75, 3.05) is 13.1 Å². The fourth-order valence-corrected chi connectivity index (χ4v) is 6.87. The van der Waals surface area contributed by atoms with E-state index in [0.717, 1.165) is 38.5 Å². The zero-order valence-corrected chi connectivity index (χ0v) is 26.7. The van der Waals surface area contributed by atoms with Crippen LogP contribution in [0, 0.1) is 22.7 Å². The van der Waals surface area contributed by atoms with Gasteiger partial charge < -0.3 is 26.2 Å². The fraction of sp³-hybridized carbons (Fsp3) is 0.781. The number of piperidine rings is 1.